The van der Waals surface area contributed by atoms with Gasteiger partial charge in [0.2, 0.25) is 0 Å². The minimum atomic E-state index is -4.48. The summed E-state index contributed by atoms with van der Waals surface area (Å²) in [6.07, 6.45) is -3.28. The summed E-state index contributed by atoms with van der Waals surface area (Å²) in [5, 5.41) is 8.51. The van der Waals surface area contributed by atoms with E-state index in [9.17, 15) is 18.0 Å². The van der Waals surface area contributed by atoms with Crippen molar-refractivity contribution in [1.29, 1.82) is 0 Å². The summed E-state index contributed by atoms with van der Waals surface area (Å²) in [4.78, 5) is 11.9. The molecule has 0 saturated heterocycles. The van der Waals surface area contributed by atoms with Crippen molar-refractivity contribution >= 4 is 11.7 Å². The Balaban J connectivity index is 1.86. The lowest BCUT2D eigenvalue weighted by Crippen LogP contribution is -2.31. The van der Waals surface area contributed by atoms with Gasteiger partial charge in [0, 0.05) is 36.6 Å². The van der Waals surface area contributed by atoms with E-state index < -0.39 is 17.9 Å². The summed E-state index contributed by atoms with van der Waals surface area (Å²) in [6.45, 7) is 0.205. The number of aromatic nitrogens is 2. The quantitative estimate of drug-likeness (QED) is 0.832. The summed E-state index contributed by atoms with van der Waals surface area (Å²) in [7, 11) is 2.97. The summed E-state index contributed by atoms with van der Waals surface area (Å²) in [5.74, 6) is 1.01. The molecule has 10 heteroatoms. The van der Waals surface area contributed by atoms with Crippen LogP contribution in [0.4, 0.5) is 23.7 Å². The average molecular weight is 358 g/mol. The molecule has 0 fully saturated rings. The van der Waals surface area contributed by atoms with Crippen LogP contribution in [0.2, 0.25) is 0 Å². The Labute approximate surface area is 141 Å². The zero-order valence-electron chi connectivity index (χ0n) is 13.6. The normalized spacial score (nSPS) is 11.1. The van der Waals surface area contributed by atoms with Crippen LogP contribution in [0, 0.1) is 0 Å². The molecule has 1 aromatic carbocycles. The van der Waals surface area contributed by atoms with Gasteiger partial charge in [-0.2, -0.15) is 18.3 Å². The number of benzene rings is 1. The predicted octanol–water partition coefficient (Wildman–Crippen LogP) is 2.74. The van der Waals surface area contributed by atoms with Crippen LogP contribution in [0.5, 0.6) is 11.5 Å². The second kappa shape index (κ2) is 7.77. The van der Waals surface area contributed by atoms with E-state index in [1.54, 1.807) is 18.2 Å². The molecule has 2 amide bonds. The Morgan fingerprint density at radius 1 is 1.20 bits per heavy atom. The molecule has 0 radical (unpaired) electrons. The molecule has 7 nitrogen and oxygen atoms in total. The second-order valence-corrected chi connectivity index (χ2v) is 4.94. The molecule has 0 bridgehead atoms. The Hall–Kier alpha value is -2.91. The number of nitrogens with one attached hydrogen (secondary N) is 2. The molecule has 2 N–H and O–H groups in total. The maximum Gasteiger partial charge on any atom is 0.435 e. The van der Waals surface area contributed by atoms with Crippen LogP contribution >= 0.6 is 0 Å². The molecular weight excluding hydrogens is 341 g/mol. The minimum absolute atomic E-state index is 0.102. The van der Waals surface area contributed by atoms with E-state index in [0.717, 1.165) is 10.7 Å². The van der Waals surface area contributed by atoms with Crippen molar-refractivity contribution < 1.29 is 27.4 Å². The highest BCUT2D eigenvalue weighted by Crippen LogP contribution is 2.27. The van der Waals surface area contributed by atoms with Crippen LogP contribution in [0.3, 0.4) is 0 Å². The third kappa shape index (κ3) is 5.30. The number of rotatable bonds is 6. The Morgan fingerprint density at radius 3 is 2.36 bits per heavy atom. The molecule has 0 aliphatic carbocycles. The van der Waals surface area contributed by atoms with Crippen LogP contribution in [0.15, 0.2) is 30.5 Å². The third-order valence-corrected chi connectivity index (χ3v) is 3.17. The number of carbonyl (C=O) groups is 1. The van der Waals surface area contributed by atoms with Crippen LogP contribution in [0.25, 0.3) is 0 Å². The van der Waals surface area contributed by atoms with Crippen molar-refractivity contribution in [3.05, 3.63) is 36.2 Å². The maximum absolute atomic E-state index is 12.4. The van der Waals surface area contributed by atoms with Gasteiger partial charge in [0.15, 0.2) is 5.69 Å². The van der Waals surface area contributed by atoms with E-state index >= 15 is 0 Å². The van der Waals surface area contributed by atoms with Gasteiger partial charge in [-0.1, -0.05) is 0 Å². The monoisotopic (exact) mass is 358 g/mol. The first kappa shape index (κ1) is 18.4. The predicted molar refractivity (Wildman–Crippen MR) is 83.8 cm³/mol. The average Bonchev–Trinajstić information content (AvgIpc) is 3.03. The Kier molecular flexibility index (Phi) is 5.73. The van der Waals surface area contributed by atoms with Crippen molar-refractivity contribution in [2.24, 2.45) is 0 Å². The van der Waals surface area contributed by atoms with E-state index in [1.165, 1.54) is 20.4 Å². The molecule has 2 aromatic rings. The van der Waals surface area contributed by atoms with Crippen molar-refractivity contribution in [3.63, 3.8) is 0 Å². The summed E-state index contributed by atoms with van der Waals surface area (Å²) in [6, 6.07) is 5.22. The van der Waals surface area contributed by atoms with Gasteiger partial charge in [-0.15, -0.1) is 0 Å². The van der Waals surface area contributed by atoms with E-state index in [-0.39, 0.29) is 13.1 Å². The first-order valence-corrected chi connectivity index (χ1v) is 7.20. The first-order valence-electron chi connectivity index (χ1n) is 7.20. The van der Waals surface area contributed by atoms with Gasteiger partial charge >= 0.3 is 12.2 Å². The minimum Gasteiger partial charge on any atom is -0.497 e. The second-order valence-electron chi connectivity index (χ2n) is 4.94. The van der Waals surface area contributed by atoms with Crippen molar-refractivity contribution in [1.82, 2.24) is 15.1 Å². The summed E-state index contributed by atoms with van der Waals surface area (Å²) in [5.41, 5.74) is -0.521. The summed E-state index contributed by atoms with van der Waals surface area (Å²) >= 11 is 0. The molecule has 0 spiro atoms. The topological polar surface area (TPSA) is 77.4 Å². The molecule has 1 aromatic heterocycles. The number of nitrogens with zero attached hydrogens (tertiary/aromatic N) is 2. The van der Waals surface area contributed by atoms with E-state index in [0.29, 0.717) is 17.2 Å². The fourth-order valence-corrected chi connectivity index (χ4v) is 1.98. The molecule has 0 saturated carbocycles. The Morgan fingerprint density at radius 2 is 1.84 bits per heavy atom. The van der Waals surface area contributed by atoms with Crippen LogP contribution in [-0.4, -0.2) is 36.6 Å². The van der Waals surface area contributed by atoms with Crippen LogP contribution in [-0.2, 0) is 12.7 Å². The highest BCUT2D eigenvalue weighted by molar-refractivity contribution is 5.89. The number of halogens is 3. The number of methoxy groups -OCH3 is 2. The van der Waals surface area contributed by atoms with Gasteiger partial charge in [0.1, 0.15) is 11.5 Å². The fraction of sp³-hybridized carbons (Fsp3) is 0.333. The van der Waals surface area contributed by atoms with Crippen molar-refractivity contribution in [2.45, 2.75) is 12.7 Å². The standard InChI is InChI=1S/C15H17F3N4O3/c1-24-11-7-10(8-12(9-11)25-2)20-14(23)19-4-6-22-5-3-13(21-22)15(16,17)18/h3,5,7-9H,4,6H2,1-2H3,(H2,19,20,23). The number of hydrogen-bond donors (Lipinski definition) is 2. The molecule has 0 aliphatic heterocycles. The number of amides is 2. The molecule has 2 rings (SSSR count). The van der Waals surface area contributed by atoms with Crippen LogP contribution in [0.1, 0.15) is 5.69 Å². The maximum atomic E-state index is 12.4. The van der Waals surface area contributed by atoms with E-state index in [2.05, 4.69) is 15.7 Å². The largest absolute Gasteiger partial charge is 0.497 e. The van der Waals surface area contributed by atoms with Crippen molar-refractivity contribution in [3.8, 4) is 11.5 Å². The smallest absolute Gasteiger partial charge is 0.435 e. The molecular formula is C15H17F3N4O3. The molecule has 0 atom stereocenters. The number of carbonyl (C=O) groups excluding carboxylic acids is 1. The highest BCUT2D eigenvalue weighted by atomic mass is 19.4. The highest BCUT2D eigenvalue weighted by Gasteiger charge is 2.33. The molecule has 1 heterocycles. The number of anilines is 1. The first-order chi connectivity index (χ1) is 11.8. The number of alkyl halides is 3. The van der Waals surface area contributed by atoms with Gasteiger partial charge < -0.3 is 20.1 Å². The molecule has 0 unspecified atom stereocenters. The Bertz CT molecular complexity index is 709. The van der Waals surface area contributed by atoms with Crippen molar-refractivity contribution in [2.75, 3.05) is 26.1 Å². The molecule has 25 heavy (non-hydrogen) atoms. The van der Waals surface area contributed by atoms with E-state index in [4.69, 9.17) is 9.47 Å². The van der Waals surface area contributed by atoms with E-state index in [1.807, 2.05) is 0 Å². The van der Waals surface area contributed by atoms with Gasteiger partial charge in [0.25, 0.3) is 0 Å². The zero-order valence-corrected chi connectivity index (χ0v) is 13.6. The lowest BCUT2D eigenvalue weighted by molar-refractivity contribution is -0.141. The van der Waals surface area contributed by atoms with Gasteiger partial charge in [-0.25, -0.2) is 4.79 Å². The zero-order chi connectivity index (χ0) is 18.4. The number of hydrogen-bond acceptors (Lipinski definition) is 4. The van der Waals surface area contributed by atoms with Gasteiger partial charge in [-0.05, 0) is 6.07 Å². The number of ether oxygens (including phenoxy) is 2. The van der Waals surface area contributed by atoms with Crippen LogP contribution < -0.4 is 20.1 Å². The van der Waals surface area contributed by atoms with Gasteiger partial charge in [-0.3, -0.25) is 4.68 Å². The SMILES string of the molecule is COc1cc(NC(=O)NCCn2ccc(C(F)(F)F)n2)cc(OC)c1. The van der Waals surface area contributed by atoms with Gasteiger partial charge in [0.05, 0.1) is 20.8 Å². The lowest BCUT2D eigenvalue weighted by atomic mass is 10.3. The fourth-order valence-electron chi connectivity index (χ4n) is 1.98. The molecule has 0 aliphatic rings. The summed E-state index contributed by atoms with van der Waals surface area (Å²) < 4.78 is 48.6. The molecule has 136 valence electrons. The lowest BCUT2D eigenvalue weighted by Gasteiger charge is -2.11. The number of urea groups is 1. The third-order valence-electron chi connectivity index (χ3n) is 3.17.